The van der Waals surface area contributed by atoms with Crippen LogP contribution in [0.4, 0.5) is 0 Å². The van der Waals surface area contributed by atoms with Gasteiger partial charge in [0.15, 0.2) is 0 Å². The second-order valence-electron chi connectivity index (χ2n) is 1.35. The van der Waals surface area contributed by atoms with Gasteiger partial charge in [-0.2, -0.15) is 0 Å². The van der Waals surface area contributed by atoms with E-state index in [1.165, 1.54) is 13.0 Å². The fraction of sp³-hybridized carbons (Fsp3) is 0.400. The Hall–Kier alpha value is -0.500. The Labute approximate surface area is 52.8 Å². The van der Waals surface area contributed by atoms with Crippen molar-refractivity contribution in [3.63, 3.8) is 0 Å². The number of aliphatic carboxylic acids is 1. The Bertz CT molecular complexity index is 118. The van der Waals surface area contributed by atoms with Crippen LogP contribution in [0.1, 0.15) is 6.92 Å². The summed E-state index contributed by atoms with van der Waals surface area (Å²) in [6, 6.07) is 0. The van der Waals surface area contributed by atoms with Crippen LogP contribution in [0, 0.1) is 0 Å². The van der Waals surface area contributed by atoms with Crippen molar-refractivity contribution < 1.29 is 9.90 Å². The first kappa shape index (κ1) is 7.50. The van der Waals surface area contributed by atoms with Crippen LogP contribution in [0.5, 0.6) is 0 Å². The Balaban J connectivity index is 3.80. The molecule has 0 fully saturated rings. The lowest BCUT2D eigenvalue weighted by Crippen LogP contribution is -1.95. The molecule has 0 aliphatic heterocycles. The van der Waals surface area contributed by atoms with Crippen molar-refractivity contribution in [3.05, 3.63) is 11.6 Å². The van der Waals surface area contributed by atoms with E-state index in [9.17, 15) is 4.79 Å². The van der Waals surface area contributed by atoms with Gasteiger partial charge in [0.2, 0.25) is 0 Å². The largest absolute Gasteiger partial charge is 0.478 e. The average molecular weight is 135 g/mol. The highest BCUT2D eigenvalue weighted by atomic mass is 35.5. The van der Waals surface area contributed by atoms with E-state index < -0.39 is 5.97 Å². The molecule has 2 nitrogen and oxygen atoms in total. The van der Waals surface area contributed by atoms with Crippen LogP contribution in [-0.4, -0.2) is 17.0 Å². The van der Waals surface area contributed by atoms with Gasteiger partial charge < -0.3 is 5.11 Å². The predicted octanol–water partition coefficient (Wildman–Crippen LogP) is 1.26. The average Bonchev–Trinajstić information content (AvgIpc) is 1.67. The Morgan fingerprint density at radius 3 is 2.50 bits per heavy atom. The lowest BCUT2D eigenvalue weighted by molar-refractivity contribution is -0.132. The highest BCUT2D eigenvalue weighted by Gasteiger charge is 1.95. The summed E-state index contributed by atoms with van der Waals surface area (Å²) in [6.45, 7) is 1.50. The standard InChI is InChI=1S/C5H7ClO2/c1-4(2-3-6)5(7)8/h2H,3H2,1H3,(H,7,8)/b4-2+. The Morgan fingerprint density at radius 2 is 2.38 bits per heavy atom. The van der Waals surface area contributed by atoms with Crippen LogP contribution >= 0.6 is 11.6 Å². The molecule has 0 heterocycles. The van der Waals surface area contributed by atoms with Crippen LogP contribution in [-0.2, 0) is 4.79 Å². The van der Waals surface area contributed by atoms with Gasteiger partial charge in [0.25, 0.3) is 0 Å². The second kappa shape index (κ2) is 3.50. The minimum Gasteiger partial charge on any atom is -0.478 e. The minimum absolute atomic E-state index is 0.262. The number of halogens is 1. The summed E-state index contributed by atoms with van der Waals surface area (Å²) in [5.41, 5.74) is 0.292. The molecule has 1 N–H and O–H groups in total. The highest BCUT2D eigenvalue weighted by molar-refractivity contribution is 6.19. The van der Waals surface area contributed by atoms with Crippen LogP contribution in [0.3, 0.4) is 0 Å². The number of carbonyl (C=O) groups is 1. The third-order valence-corrected chi connectivity index (χ3v) is 0.875. The van der Waals surface area contributed by atoms with E-state index in [1.807, 2.05) is 0 Å². The number of hydrogen-bond donors (Lipinski definition) is 1. The predicted molar refractivity (Wildman–Crippen MR) is 32.1 cm³/mol. The first-order valence-electron chi connectivity index (χ1n) is 2.14. The molecule has 0 aliphatic rings. The molecular weight excluding hydrogens is 128 g/mol. The third-order valence-electron chi connectivity index (χ3n) is 0.721. The molecule has 8 heavy (non-hydrogen) atoms. The maximum atomic E-state index is 9.96. The highest BCUT2D eigenvalue weighted by Crippen LogP contribution is 1.91. The van der Waals surface area contributed by atoms with E-state index >= 15 is 0 Å². The molecule has 0 saturated carbocycles. The molecule has 0 amide bonds. The number of rotatable bonds is 2. The van der Waals surface area contributed by atoms with Crippen molar-refractivity contribution in [1.82, 2.24) is 0 Å². The second-order valence-corrected chi connectivity index (χ2v) is 1.66. The summed E-state index contributed by atoms with van der Waals surface area (Å²) in [5, 5.41) is 8.19. The van der Waals surface area contributed by atoms with Gasteiger partial charge in [-0.3, -0.25) is 0 Å². The first-order chi connectivity index (χ1) is 3.68. The number of alkyl halides is 1. The Morgan fingerprint density at radius 1 is 1.88 bits per heavy atom. The quantitative estimate of drug-likeness (QED) is 0.456. The van der Waals surface area contributed by atoms with Crippen LogP contribution in [0.15, 0.2) is 11.6 Å². The zero-order valence-electron chi connectivity index (χ0n) is 4.52. The molecule has 0 unspecified atom stereocenters. The summed E-state index contributed by atoms with van der Waals surface area (Å²) >= 11 is 5.20. The number of allylic oxidation sites excluding steroid dienone is 1. The van der Waals surface area contributed by atoms with Crippen molar-refractivity contribution in [2.45, 2.75) is 6.92 Å². The lowest BCUT2D eigenvalue weighted by Gasteiger charge is -1.86. The number of carboxylic acid groups (broad SMARTS) is 1. The number of carboxylic acids is 1. The summed E-state index contributed by atoms with van der Waals surface area (Å²) in [7, 11) is 0. The monoisotopic (exact) mass is 134 g/mol. The van der Waals surface area contributed by atoms with Gasteiger partial charge in [-0.1, -0.05) is 6.08 Å². The molecule has 0 aliphatic carbocycles. The molecule has 0 rings (SSSR count). The summed E-state index contributed by atoms with van der Waals surface area (Å²) in [6.07, 6.45) is 1.45. The van der Waals surface area contributed by atoms with E-state index in [4.69, 9.17) is 16.7 Å². The molecule has 0 aromatic carbocycles. The molecule has 0 bridgehead atoms. The Kier molecular flexibility index (Phi) is 3.28. The molecule has 0 spiro atoms. The van der Waals surface area contributed by atoms with Crippen LogP contribution in [0.25, 0.3) is 0 Å². The van der Waals surface area contributed by atoms with Gasteiger partial charge >= 0.3 is 5.97 Å². The van der Waals surface area contributed by atoms with Gasteiger partial charge in [-0.25, -0.2) is 4.79 Å². The molecule has 0 radical (unpaired) electrons. The molecule has 0 atom stereocenters. The molecular formula is C5H7ClO2. The van der Waals surface area contributed by atoms with Crippen molar-refractivity contribution >= 4 is 17.6 Å². The summed E-state index contributed by atoms with van der Waals surface area (Å²) in [4.78, 5) is 9.96. The minimum atomic E-state index is -0.911. The van der Waals surface area contributed by atoms with Crippen LogP contribution in [0.2, 0.25) is 0 Å². The van der Waals surface area contributed by atoms with E-state index in [2.05, 4.69) is 0 Å². The van der Waals surface area contributed by atoms with E-state index in [0.29, 0.717) is 5.57 Å². The van der Waals surface area contributed by atoms with Crippen molar-refractivity contribution in [2.75, 3.05) is 5.88 Å². The fourth-order valence-corrected chi connectivity index (χ4v) is 0.434. The van der Waals surface area contributed by atoms with Crippen molar-refractivity contribution in [3.8, 4) is 0 Å². The van der Waals surface area contributed by atoms with Crippen molar-refractivity contribution in [1.29, 1.82) is 0 Å². The maximum Gasteiger partial charge on any atom is 0.330 e. The van der Waals surface area contributed by atoms with Gasteiger partial charge in [0.05, 0.1) is 0 Å². The van der Waals surface area contributed by atoms with Crippen LogP contribution < -0.4 is 0 Å². The van der Waals surface area contributed by atoms with Gasteiger partial charge in [0, 0.05) is 11.5 Å². The van der Waals surface area contributed by atoms with Crippen molar-refractivity contribution in [2.24, 2.45) is 0 Å². The van der Waals surface area contributed by atoms with E-state index in [-0.39, 0.29) is 5.88 Å². The van der Waals surface area contributed by atoms with Gasteiger partial charge in [-0.15, -0.1) is 11.6 Å². The first-order valence-corrected chi connectivity index (χ1v) is 2.68. The molecule has 0 aromatic rings. The number of hydrogen-bond acceptors (Lipinski definition) is 1. The normalized spacial score (nSPS) is 11.5. The zero-order valence-corrected chi connectivity index (χ0v) is 5.27. The molecule has 3 heteroatoms. The summed E-state index contributed by atoms with van der Waals surface area (Å²) < 4.78 is 0. The topological polar surface area (TPSA) is 37.3 Å². The smallest absolute Gasteiger partial charge is 0.330 e. The molecule has 0 aromatic heterocycles. The SMILES string of the molecule is C/C(=C\CCl)C(=O)O. The lowest BCUT2D eigenvalue weighted by atomic mass is 10.3. The van der Waals surface area contributed by atoms with E-state index in [0.717, 1.165) is 0 Å². The summed E-state index contributed by atoms with van der Waals surface area (Å²) in [5.74, 6) is -0.649. The molecule has 0 saturated heterocycles. The maximum absolute atomic E-state index is 9.96. The molecule has 46 valence electrons. The third kappa shape index (κ3) is 2.64. The zero-order chi connectivity index (χ0) is 6.57. The fourth-order valence-electron chi connectivity index (χ4n) is 0.203. The van der Waals surface area contributed by atoms with E-state index in [1.54, 1.807) is 0 Å². The van der Waals surface area contributed by atoms with Gasteiger partial charge in [0.1, 0.15) is 0 Å². The van der Waals surface area contributed by atoms with Gasteiger partial charge in [-0.05, 0) is 6.92 Å².